The summed E-state index contributed by atoms with van der Waals surface area (Å²) in [6, 6.07) is 14.9. The van der Waals surface area contributed by atoms with Gasteiger partial charge in [-0.3, -0.25) is 19.6 Å². The summed E-state index contributed by atoms with van der Waals surface area (Å²) in [7, 11) is 0. The zero-order chi connectivity index (χ0) is 23.4. The number of hydrogen-bond acceptors (Lipinski definition) is 5. The summed E-state index contributed by atoms with van der Waals surface area (Å²) in [5.41, 5.74) is 6.36. The maximum absolute atomic E-state index is 13.6. The van der Waals surface area contributed by atoms with Crippen molar-refractivity contribution in [1.82, 2.24) is 19.3 Å². The molecule has 1 saturated heterocycles. The van der Waals surface area contributed by atoms with Crippen molar-refractivity contribution in [3.05, 3.63) is 79.0 Å². The minimum Gasteiger partial charge on any atom is -0.331 e. The normalized spacial score (nSPS) is 20.1. The van der Waals surface area contributed by atoms with E-state index >= 15 is 0 Å². The molecule has 1 atom stereocenters. The summed E-state index contributed by atoms with van der Waals surface area (Å²) in [4.78, 5) is 29.3. The fourth-order valence-electron chi connectivity index (χ4n) is 5.53. The summed E-state index contributed by atoms with van der Waals surface area (Å²) in [6.07, 6.45) is 13.8. The van der Waals surface area contributed by atoms with Gasteiger partial charge in [-0.1, -0.05) is 24.3 Å². The van der Waals surface area contributed by atoms with E-state index in [1.54, 1.807) is 6.20 Å². The molecule has 35 heavy (non-hydrogen) atoms. The molecule has 1 amide bonds. The van der Waals surface area contributed by atoms with Crippen LogP contribution in [0.2, 0.25) is 0 Å². The van der Waals surface area contributed by atoms with Gasteiger partial charge < -0.3 is 9.30 Å². The summed E-state index contributed by atoms with van der Waals surface area (Å²) >= 11 is 0. The second-order valence-electron chi connectivity index (χ2n) is 9.89. The Hall–Kier alpha value is -3.71. The number of aromatic nitrogens is 3. The molecule has 7 nitrogen and oxygen atoms in total. The van der Waals surface area contributed by atoms with Crippen LogP contribution in [0.1, 0.15) is 37.4 Å². The number of fused-ring (bicyclic) bond motifs is 2. The quantitative estimate of drug-likeness (QED) is 0.428. The highest BCUT2D eigenvalue weighted by molar-refractivity contribution is 6.02. The van der Waals surface area contributed by atoms with Crippen LogP contribution in [0.15, 0.2) is 73.4 Å². The molecule has 5 heterocycles. The van der Waals surface area contributed by atoms with Gasteiger partial charge in [0, 0.05) is 30.7 Å². The Kier molecular flexibility index (Phi) is 4.84. The Morgan fingerprint density at radius 3 is 2.54 bits per heavy atom. The first-order valence-corrected chi connectivity index (χ1v) is 12.6. The Morgan fingerprint density at radius 2 is 1.74 bits per heavy atom. The Morgan fingerprint density at radius 1 is 0.914 bits per heavy atom. The van der Waals surface area contributed by atoms with E-state index in [9.17, 15) is 4.79 Å². The van der Waals surface area contributed by atoms with Crippen molar-refractivity contribution in [2.45, 2.75) is 31.8 Å². The fourth-order valence-corrected chi connectivity index (χ4v) is 5.53. The number of carbonyl (C=O) groups excluding carboxylic acids is 1. The number of imidazole rings is 1. The number of amides is 1. The number of nitrogens with zero attached hydrogens (tertiary/aromatic N) is 6. The number of rotatable bonds is 5. The van der Waals surface area contributed by atoms with Crippen LogP contribution in [0.5, 0.6) is 0 Å². The van der Waals surface area contributed by atoms with Crippen molar-refractivity contribution < 1.29 is 4.79 Å². The molecular weight excluding hydrogens is 436 g/mol. The number of hydrogen-bond donors (Lipinski definition) is 0. The van der Waals surface area contributed by atoms with Crippen LogP contribution >= 0.6 is 0 Å². The molecule has 176 valence electrons. The lowest BCUT2D eigenvalue weighted by Crippen LogP contribution is -2.44. The largest absolute Gasteiger partial charge is 0.331 e. The van der Waals surface area contributed by atoms with Crippen molar-refractivity contribution in [3.8, 4) is 11.1 Å². The molecule has 4 aromatic rings. The van der Waals surface area contributed by atoms with Crippen LogP contribution in [-0.4, -0.2) is 44.9 Å². The third-order valence-corrected chi connectivity index (χ3v) is 7.54. The van der Waals surface area contributed by atoms with Gasteiger partial charge in [-0.05, 0) is 73.7 Å². The number of pyridine rings is 2. The van der Waals surface area contributed by atoms with Crippen LogP contribution in [0.25, 0.3) is 16.8 Å². The van der Waals surface area contributed by atoms with Crippen LogP contribution in [0.4, 0.5) is 11.4 Å². The van der Waals surface area contributed by atoms with Gasteiger partial charge in [-0.2, -0.15) is 0 Å². The molecule has 2 aliphatic heterocycles. The Labute approximate surface area is 204 Å². The average molecular weight is 465 g/mol. The van der Waals surface area contributed by atoms with E-state index in [4.69, 9.17) is 0 Å². The first-order chi connectivity index (χ1) is 17.3. The van der Waals surface area contributed by atoms with Crippen molar-refractivity contribution >= 4 is 22.9 Å². The maximum Gasteiger partial charge on any atom is 0.232 e. The molecule has 0 spiro atoms. The lowest BCUT2D eigenvalue weighted by molar-refractivity contribution is -0.120. The summed E-state index contributed by atoms with van der Waals surface area (Å²) in [5.74, 6) is 0.381. The van der Waals surface area contributed by atoms with E-state index < -0.39 is 0 Å². The first kappa shape index (κ1) is 20.6. The summed E-state index contributed by atoms with van der Waals surface area (Å²) < 4.78 is 2.01. The van der Waals surface area contributed by atoms with E-state index in [0.29, 0.717) is 0 Å². The van der Waals surface area contributed by atoms with Crippen LogP contribution < -0.4 is 9.80 Å². The van der Waals surface area contributed by atoms with E-state index in [0.717, 1.165) is 66.3 Å². The lowest BCUT2D eigenvalue weighted by atomic mass is 10.0. The van der Waals surface area contributed by atoms with Gasteiger partial charge in [0.1, 0.15) is 11.8 Å². The number of benzene rings is 1. The van der Waals surface area contributed by atoms with Crippen LogP contribution in [0, 0.1) is 5.92 Å². The summed E-state index contributed by atoms with van der Waals surface area (Å²) in [6.45, 7) is 3.01. The highest BCUT2D eigenvalue weighted by Crippen LogP contribution is 2.48. The SMILES string of the molecule is O=C(C1CC1)N1c2ccncc2N(CN2CCCC2)C1c1ccc(-c2ccn3ccnc3c2)cc1. The molecule has 1 saturated carbocycles. The minimum absolute atomic E-state index is 0.144. The molecule has 0 radical (unpaired) electrons. The van der Waals surface area contributed by atoms with E-state index in [2.05, 4.69) is 56.2 Å². The van der Waals surface area contributed by atoms with E-state index in [1.807, 2.05) is 40.2 Å². The monoisotopic (exact) mass is 464 g/mol. The first-order valence-electron chi connectivity index (χ1n) is 12.6. The second kappa shape index (κ2) is 8.20. The third-order valence-electron chi connectivity index (χ3n) is 7.54. The van der Waals surface area contributed by atoms with Gasteiger partial charge >= 0.3 is 0 Å². The van der Waals surface area contributed by atoms with Crippen LogP contribution in [-0.2, 0) is 4.79 Å². The number of likely N-dealkylation sites (tertiary alicyclic amines) is 1. The molecule has 3 aromatic heterocycles. The topological polar surface area (TPSA) is 57.0 Å². The minimum atomic E-state index is -0.160. The number of carbonyl (C=O) groups is 1. The lowest BCUT2D eigenvalue weighted by Gasteiger charge is -2.34. The second-order valence-corrected chi connectivity index (χ2v) is 9.89. The zero-order valence-electron chi connectivity index (χ0n) is 19.6. The Balaban J connectivity index is 1.28. The van der Waals surface area contributed by atoms with Crippen molar-refractivity contribution in [2.75, 3.05) is 29.6 Å². The van der Waals surface area contributed by atoms with Gasteiger partial charge in [0.25, 0.3) is 0 Å². The number of anilines is 2. The summed E-state index contributed by atoms with van der Waals surface area (Å²) in [5, 5.41) is 0. The van der Waals surface area contributed by atoms with E-state index in [-0.39, 0.29) is 18.0 Å². The molecule has 2 fully saturated rings. The smallest absolute Gasteiger partial charge is 0.232 e. The van der Waals surface area contributed by atoms with Crippen LogP contribution in [0.3, 0.4) is 0 Å². The van der Waals surface area contributed by atoms with E-state index in [1.165, 1.54) is 12.8 Å². The average Bonchev–Trinajstić information content (AvgIpc) is 3.28. The van der Waals surface area contributed by atoms with Gasteiger partial charge in [0.2, 0.25) is 5.91 Å². The molecule has 1 aliphatic carbocycles. The van der Waals surface area contributed by atoms with Crippen molar-refractivity contribution in [3.63, 3.8) is 0 Å². The van der Waals surface area contributed by atoms with Crippen molar-refractivity contribution in [2.24, 2.45) is 5.92 Å². The molecule has 0 N–H and O–H groups in total. The van der Waals surface area contributed by atoms with Gasteiger partial charge in [0.05, 0.1) is 24.2 Å². The highest BCUT2D eigenvalue weighted by atomic mass is 16.2. The predicted octanol–water partition coefficient (Wildman–Crippen LogP) is 4.71. The van der Waals surface area contributed by atoms with Gasteiger partial charge in [0.15, 0.2) is 0 Å². The zero-order valence-corrected chi connectivity index (χ0v) is 19.6. The predicted molar refractivity (Wildman–Crippen MR) is 136 cm³/mol. The standard InChI is InChI=1S/C28H28N6O/c35-28(22-7-8-22)34-24-9-11-29-18-25(24)33(19-31-13-1-2-14-31)27(34)21-5-3-20(4-6-21)23-10-15-32-16-12-30-26(32)17-23/h3-6,9-12,15-18,22,27H,1-2,7-8,13-14,19H2. The fraction of sp³-hybridized carbons (Fsp3) is 0.321. The molecular formula is C28H28N6O. The highest BCUT2D eigenvalue weighted by Gasteiger charge is 2.45. The van der Waals surface area contributed by atoms with Gasteiger partial charge in [-0.25, -0.2) is 4.98 Å². The molecule has 7 heteroatoms. The molecule has 3 aliphatic rings. The maximum atomic E-state index is 13.6. The molecule has 0 bridgehead atoms. The van der Waals surface area contributed by atoms with Gasteiger partial charge in [-0.15, -0.1) is 0 Å². The molecule has 1 aromatic carbocycles. The third kappa shape index (κ3) is 3.58. The Bertz CT molecular complexity index is 1390. The molecule has 1 unspecified atom stereocenters. The molecule has 7 rings (SSSR count). The van der Waals surface area contributed by atoms with Crippen molar-refractivity contribution in [1.29, 1.82) is 0 Å².